The Morgan fingerprint density at radius 1 is 0.882 bits per heavy atom. The van der Waals surface area contributed by atoms with Crippen LogP contribution in [0.15, 0.2) is 60.7 Å². The molecule has 0 unspecified atom stereocenters. The van der Waals surface area contributed by atoms with E-state index < -0.39 is 0 Å². The minimum absolute atomic E-state index is 0. The van der Waals surface area contributed by atoms with Gasteiger partial charge in [0.1, 0.15) is 0 Å². The second-order valence-corrected chi connectivity index (χ2v) is 3.53. The normalized spacial score (nSPS) is 9.18. The van der Waals surface area contributed by atoms with E-state index >= 15 is 0 Å². The van der Waals surface area contributed by atoms with Gasteiger partial charge in [-0.05, 0) is 17.7 Å². The molecule has 82 valence electrons. The van der Waals surface area contributed by atoms with Crippen molar-refractivity contribution >= 4 is 24.8 Å². The predicted molar refractivity (Wildman–Crippen MR) is 71.2 cm³/mol. The number of hydrogen-bond donors (Lipinski definition) is 1. The van der Waals surface area contributed by atoms with Crippen molar-refractivity contribution in [3.05, 3.63) is 71.8 Å². The van der Waals surface area contributed by atoms with E-state index in [0.29, 0.717) is 12.1 Å². The van der Waals surface area contributed by atoms with Gasteiger partial charge in [0.2, 0.25) is 0 Å². The zero-order chi connectivity index (χ0) is 11.2. The molecular weight excluding hydrogens is 205 g/mol. The van der Waals surface area contributed by atoms with Gasteiger partial charge >= 0.3 is 18.9 Å². The number of hydrogen-bond acceptors (Lipinski definition) is 1. The van der Waals surface area contributed by atoms with Crippen LogP contribution in [0.1, 0.15) is 15.9 Å². The molecule has 0 bridgehead atoms. The van der Waals surface area contributed by atoms with Crippen molar-refractivity contribution in [2.45, 2.75) is 6.54 Å². The van der Waals surface area contributed by atoms with Crippen molar-refractivity contribution in [2.24, 2.45) is 0 Å². The monoisotopic (exact) mass is 219 g/mol. The molecule has 2 aromatic rings. The summed E-state index contributed by atoms with van der Waals surface area (Å²) in [5, 5.41) is 2.88. The Hall–Kier alpha value is -1.49. The minimum atomic E-state index is -0.0375. The van der Waals surface area contributed by atoms with Gasteiger partial charge in [-0.2, -0.15) is 0 Å². The molecule has 3 heteroatoms. The van der Waals surface area contributed by atoms with Gasteiger partial charge in [0, 0.05) is 12.1 Å². The number of carbonyl (C=O) groups is 1. The van der Waals surface area contributed by atoms with Crippen LogP contribution in [-0.4, -0.2) is 24.8 Å². The average molecular weight is 219 g/mol. The van der Waals surface area contributed by atoms with Gasteiger partial charge in [0.05, 0.1) is 0 Å². The molecule has 2 aromatic carbocycles. The summed E-state index contributed by atoms with van der Waals surface area (Å²) in [5.74, 6) is -0.0375. The number of amides is 1. The quantitative estimate of drug-likeness (QED) is 0.785. The van der Waals surface area contributed by atoms with Crippen molar-refractivity contribution in [2.75, 3.05) is 0 Å². The summed E-state index contributed by atoms with van der Waals surface area (Å²) in [6, 6.07) is 19.1. The first-order chi connectivity index (χ1) is 7.86. The van der Waals surface area contributed by atoms with Crippen LogP contribution in [0.2, 0.25) is 0 Å². The molecule has 0 radical (unpaired) electrons. The van der Waals surface area contributed by atoms with Crippen molar-refractivity contribution < 1.29 is 4.79 Å². The van der Waals surface area contributed by atoms with Crippen LogP contribution in [0, 0.1) is 0 Å². The molecule has 1 amide bonds. The molecule has 0 aromatic heterocycles. The molecule has 2 rings (SSSR count). The van der Waals surface area contributed by atoms with Crippen LogP contribution < -0.4 is 5.32 Å². The van der Waals surface area contributed by atoms with Gasteiger partial charge < -0.3 is 5.32 Å². The van der Waals surface area contributed by atoms with Crippen molar-refractivity contribution in [1.82, 2.24) is 5.32 Å². The van der Waals surface area contributed by atoms with E-state index in [9.17, 15) is 4.79 Å². The van der Waals surface area contributed by atoms with E-state index in [4.69, 9.17) is 0 Å². The van der Waals surface area contributed by atoms with Gasteiger partial charge in [0.25, 0.3) is 5.91 Å². The van der Waals surface area contributed by atoms with Crippen LogP contribution in [0.5, 0.6) is 0 Å². The number of nitrogens with one attached hydrogen (secondary N) is 1. The van der Waals surface area contributed by atoms with Crippen molar-refractivity contribution in [3.63, 3.8) is 0 Å². The molecule has 17 heavy (non-hydrogen) atoms. The first kappa shape index (κ1) is 13.6. The number of benzene rings is 2. The van der Waals surface area contributed by atoms with Crippen molar-refractivity contribution in [1.29, 1.82) is 0 Å². The molecule has 0 fully saturated rings. The van der Waals surface area contributed by atoms with Crippen LogP contribution in [0.4, 0.5) is 0 Å². The molecule has 0 aliphatic carbocycles. The molecule has 2 nitrogen and oxygen atoms in total. The topological polar surface area (TPSA) is 29.1 Å². The van der Waals surface area contributed by atoms with E-state index in [0.717, 1.165) is 5.56 Å². The second-order valence-electron chi connectivity index (χ2n) is 3.53. The Balaban J connectivity index is 0.00000144. The molecule has 0 heterocycles. The van der Waals surface area contributed by atoms with Gasteiger partial charge in [-0.25, -0.2) is 0 Å². The Labute approximate surface area is 113 Å². The first-order valence-electron chi connectivity index (χ1n) is 5.23. The SMILES string of the molecule is O=C(NCc1ccccc1)c1ccccc1.[LiH]. The van der Waals surface area contributed by atoms with Crippen LogP contribution >= 0.6 is 0 Å². The maximum absolute atomic E-state index is 11.7. The van der Waals surface area contributed by atoms with E-state index in [-0.39, 0.29) is 24.8 Å². The second kappa shape index (κ2) is 6.96. The van der Waals surface area contributed by atoms with Gasteiger partial charge in [0.15, 0.2) is 0 Å². The maximum atomic E-state index is 11.7. The summed E-state index contributed by atoms with van der Waals surface area (Å²) in [6.07, 6.45) is 0. The molecular formula is C14H14LiNO. The summed E-state index contributed by atoms with van der Waals surface area (Å²) in [4.78, 5) is 11.7. The third-order valence-electron chi connectivity index (χ3n) is 2.33. The van der Waals surface area contributed by atoms with Crippen molar-refractivity contribution in [3.8, 4) is 0 Å². The average Bonchev–Trinajstić information content (AvgIpc) is 2.38. The summed E-state index contributed by atoms with van der Waals surface area (Å²) < 4.78 is 0. The molecule has 1 N–H and O–H groups in total. The Morgan fingerprint density at radius 3 is 2.00 bits per heavy atom. The molecule has 0 aliphatic rings. The van der Waals surface area contributed by atoms with Crippen LogP contribution in [0.25, 0.3) is 0 Å². The zero-order valence-corrected chi connectivity index (χ0v) is 8.89. The van der Waals surface area contributed by atoms with E-state index in [1.807, 2.05) is 48.5 Å². The van der Waals surface area contributed by atoms with Gasteiger partial charge in [-0.3, -0.25) is 4.79 Å². The number of carbonyl (C=O) groups excluding carboxylic acids is 1. The summed E-state index contributed by atoms with van der Waals surface area (Å²) in [6.45, 7) is 0.564. The molecule has 0 saturated carbocycles. The van der Waals surface area contributed by atoms with Gasteiger partial charge in [-0.1, -0.05) is 48.5 Å². The number of rotatable bonds is 3. The van der Waals surface area contributed by atoms with Crippen LogP contribution in [0.3, 0.4) is 0 Å². The Kier molecular flexibility index (Phi) is 5.55. The van der Waals surface area contributed by atoms with E-state index in [1.54, 1.807) is 12.1 Å². The fraction of sp³-hybridized carbons (Fsp3) is 0.0714. The molecule has 0 spiro atoms. The predicted octanol–water partition coefficient (Wildman–Crippen LogP) is 1.97. The third kappa shape index (κ3) is 4.11. The Bertz CT molecular complexity index is 456. The first-order valence-corrected chi connectivity index (χ1v) is 5.23. The van der Waals surface area contributed by atoms with E-state index in [2.05, 4.69) is 5.32 Å². The molecule has 0 saturated heterocycles. The fourth-order valence-corrected chi connectivity index (χ4v) is 1.47. The fourth-order valence-electron chi connectivity index (χ4n) is 1.47. The van der Waals surface area contributed by atoms with E-state index in [1.165, 1.54) is 0 Å². The summed E-state index contributed by atoms with van der Waals surface area (Å²) in [7, 11) is 0. The zero-order valence-electron chi connectivity index (χ0n) is 8.89. The molecule has 0 aliphatic heterocycles. The summed E-state index contributed by atoms with van der Waals surface area (Å²) in [5.41, 5.74) is 1.80. The van der Waals surface area contributed by atoms with Gasteiger partial charge in [-0.15, -0.1) is 0 Å². The Morgan fingerprint density at radius 2 is 1.41 bits per heavy atom. The third-order valence-corrected chi connectivity index (χ3v) is 2.33. The summed E-state index contributed by atoms with van der Waals surface area (Å²) >= 11 is 0. The molecule has 0 atom stereocenters. The van der Waals surface area contributed by atoms with Crippen LogP contribution in [-0.2, 0) is 6.54 Å². The standard InChI is InChI=1S/C14H13NO.Li.H/c16-14(13-9-5-2-6-10-13)15-11-12-7-3-1-4-8-12;;/h1-10H,11H2,(H,15,16);;.